The first-order valence-electron chi connectivity index (χ1n) is 11.2. The van der Waals surface area contributed by atoms with Crippen LogP contribution < -0.4 is 10.6 Å². The maximum absolute atomic E-state index is 12.8. The number of aldehydes is 1. The number of carbonyl (C=O) groups excluding carboxylic acids is 2. The van der Waals surface area contributed by atoms with Crippen LogP contribution in [0.5, 0.6) is 0 Å². The Hall–Kier alpha value is -4.44. The van der Waals surface area contributed by atoms with Gasteiger partial charge in [0.15, 0.2) is 6.29 Å². The number of ketones is 1. The number of Topliss-reactive ketones (excluding diaryl/α,β-unsaturated/α-hetero) is 1. The van der Waals surface area contributed by atoms with Crippen LogP contribution in [0.4, 0.5) is 22.7 Å². The van der Waals surface area contributed by atoms with E-state index in [9.17, 15) is 9.59 Å². The van der Waals surface area contributed by atoms with Crippen molar-refractivity contribution in [3.05, 3.63) is 108 Å². The van der Waals surface area contributed by atoms with Gasteiger partial charge >= 0.3 is 0 Å². The van der Waals surface area contributed by atoms with E-state index in [-0.39, 0.29) is 0 Å². The topological polar surface area (TPSA) is 58.2 Å². The molecule has 0 fully saturated rings. The highest BCUT2D eigenvalue weighted by Gasteiger charge is 2.18. The zero-order valence-electron chi connectivity index (χ0n) is 19.1. The lowest BCUT2D eigenvalue weighted by Crippen LogP contribution is -2.05. The summed E-state index contributed by atoms with van der Waals surface area (Å²) in [5.41, 5.74) is 6.39. The van der Waals surface area contributed by atoms with E-state index < -0.39 is 5.78 Å². The Bertz CT molecular complexity index is 1540. The third kappa shape index (κ3) is 4.02. The molecular weight excluding hydrogens is 420 g/mol. The third-order valence-electron chi connectivity index (χ3n) is 6.05. The molecular formula is C30H24N2O2. The molecule has 2 N–H and O–H groups in total. The van der Waals surface area contributed by atoms with Crippen molar-refractivity contribution in [2.45, 2.75) is 13.8 Å². The summed E-state index contributed by atoms with van der Waals surface area (Å²) in [6, 6.07) is 30.0. The van der Waals surface area contributed by atoms with E-state index in [1.54, 1.807) is 0 Å². The Balaban J connectivity index is 1.77. The van der Waals surface area contributed by atoms with E-state index in [0.29, 0.717) is 11.8 Å². The zero-order chi connectivity index (χ0) is 23.7. The van der Waals surface area contributed by atoms with Gasteiger partial charge in [0.1, 0.15) is 0 Å². The minimum Gasteiger partial charge on any atom is -0.354 e. The summed E-state index contributed by atoms with van der Waals surface area (Å²) in [6.07, 6.45) is 0.396. The molecule has 0 aromatic heterocycles. The molecule has 0 saturated heterocycles. The minimum absolute atomic E-state index is 0.396. The highest BCUT2D eigenvalue weighted by Crippen LogP contribution is 2.40. The molecule has 0 aliphatic carbocycles. The van der Waals surface area contributed by atoms with Gasteiger partial charge in [-0.3, -0.25) is 9.59 Å². The smallest absolute Gasteiger partial charge is 0.226 e. The van der Waals surface area contributed by atoms with Gasteiger partial charge in [0, 0.05) is 22.3 Å². The first kappa shape index (κ1) is 21.4. The summed E-state index contributed by atoms with van der Waals surface area (Å²) >= 11 is 0. The van der Waals surface area contributed by atoms with E-state index in [1.165, 1.54) is 11.1 Å². The van der Waals surface area contributed by atoms with Gasteiger partial charge in [-0.1, -0.05) is 65.7 Å². The number of fused-ring (bicyclic) bond motifs is 2. The number of aryl methyl sites for hydroxylation is 2. The van der Waals surface area contributed by atoms with Crippen LogP contribution in [0.1, 0.15) is 21.5 Å². The van der Waals surface area contributed by atoms with E-state index >= 15 is 0 Å². The fourth-order valence-corrected chi connectivity index (χ4v) is 4.28. The number of carbonyl (C=O) groups is 2. The standard InChI is InChI=1S/C30H24N2O2/c1-19-7-11-22(12-8-19)31-27-16-15-25-26(30(27)32-23-13-9-20(2)10-14-23)17-21-5-3-4-6-24(21)29(25)28(34)18-33/h3-18,31-32H,1-2H3. The molecule has 0 saturated carbocycles. The summed E-state index contributed by atoms with van der Waals surface area (Å²) in [5.74, 6) is -0.526. The molecule has 5 rings (SSSR count). The van der Waals surface area contributed by atoms with Gasteiger partial charge < -0.3 is 10.6 Å². The first-order chi connectivity index (χ1) is 16.5. The summed E-state index contributed by atoms with van der Waals surface area (Å²) in [4.78, 5) is 24.3. The van der Waals surface area contributed by atoms with Crippen molar-refractivity contribution < 1.29 is 9.59 Å². The summed E-state index contributed by atoms with van der Waals surface area (Å²) in [6.45, 7) is 4.11. The molecule has 4 nitrogen and oxygen atoms in total. The van der Waals surface area contributed by atoms with E-state index in [4.69, 9.17) is 0 Å². The normalized spacial score (nSPS) is 10.9. The van der Waals surface area contributed by atoms with Gasteiger partial charge in [-0.25, -0.2) is 0 Å². The summed E-state index contributed by atoms with van der Waals surface area (Å²) < 4.78 is 0. The molecule has 0 spiro atoms. The van der Waals surface area contributed by atoms with Gasteiger partial charge in [-0.05, 0) is 66.4 Å². The maximum atomic E-state index is 12.8. The van der Waals surface area contributed by atoms with Gasteiger partial charge in [0.25, 0.3) is 0 Å². The fraction of sp³-hybridized carbons (Fsp3) is 0.0667. The van der Waals surface area contributed by atoms with Gasteiger partial charge in [-0.2, -0.15) is 0 Å². The third-order valence-corrected chi connectivity index (χ3v) is 6.05. The van der Waals surface area contributed by atoms with Crippen LogP contribution in [0, 0.1) is 13.8 Å². The molecule has 0 aliphatic rings. The quantitative estimate of drug-likeness (QED) is 0.123. The van der Waals surface area contributed by atoms with Crippen molar-refractivity contribution in [2.75, 3.05) is 10.6 Å². The Morgan fingerprint density at radius 1 is 0.676 bits per heavy atom. The van der Waals surface area contributed by atoms with Gasteiger partial charge in [0.2, 0.25) is 5.78 Å². The average molecular weight is 445 g/mol. The summed E-state index contributed by atoms with van der Waals surface area (Å²) in [5, 5.41) is 10.4. The molecule has 0 unspecified atom stereocenters. The summed E-state index contributed by atoms with van der Waals surface area (Å²) in [7, 11) is 0. The first-order valence-corrected chi connectivity index (χ1v) is 11.2. The lowest BCUT2D eigenvalue weighted by Gasteiger charge is -2.19. The van der Waals surface area contributed by atoms with Crippen molar-refractivity contribution in [3.8, 4) is 0 Å². The van der Waals surface area contributed by atoms with Crippen molar-refractivity contribution in [1.29, 1.82) is 0 Å². The molecule has 0 bridgehead atoms. The second-order valence-corrected chi connectivity index (χ2v) is 8.52. The predicted octanol–water partition coefficient (Wildman–Crippen LogP) is 7.48. The number of nitrogens with one attached hydrogen (secondary N) is 2. The molecule has 4 heteroatoms. The molecule has 0 amide bonds. The van der Waals surface area contributed by atoms with E-state index in [0.717, 1.165) is 44.3 Å². The molecule has 5 aromatic carbocycles. The number of rotatable bonds is 6. The number of hydrogen-bond acceptors (Lipinski definition) is 4. The lowest BCUT2D eigenvalue weighted by molar-refractivity contribution is -0.104. The van der Waals surface area contributed by atoms with E-state index in [1.807, 2.05) is 60.7 Å². The monoisotopic (exact) mass is 444 g/mol. The fourth-order valence-electron chi connectivity index (χ4n) is 4.28. The molecule has 5 aromatic rings. The Morgan fingerprint density at radius 3 is 1.94 bits per heavy atom. The highest BCUT2D eigenvalue weighted by atomic mass is 16.2. The van der Waals surface area contributed by atoms with Crippen LogP contribution in [0.25, 0.3) is 21.5 Å². The van der Waals surface area contributed by atoms with Crippen molar-refractivity contribution in [2.24, 2.45) is 0 Å². The molecule has 166 valence electrons. The van der Waals surface area contributed by atoms with Crippen LogP contribution in [0.15, 0.2) is 91.0 Å². The van der Waals surface area contributed by atoms with Crippen LogP contribution in [-0.4, -0.2) is 12.1 Å². The Labute approximate surface area is 198 Å². The van der Waals surface area contributed by atoms with Crippen molar-refractivity contribution in [1.82, 2.24) is 0 Å². The highest BCUT2D eigenvalue weighted by molar-refractivity contribution is 6.40. The van der Waals surface area contributed by atoms with Crippen LogP contribution in [-0.2, 0) is 4.79 Å². The second kappa shape index (κ2) is 8.83. The van der Waals surface area contributed by atoms with Crippen LogP contribution in [0.2, 0.25) is 0 Å². The predicted molar refractivity (Wildman–Crippen MR) is 141 cm³/mol. The minimum atomic E-state index is -0.526. The molecule has 0 aliphatic heterocycles. The van der Waals surface area contributed by atoms with E-state index in [2.05, 4.69) is 54.8 Å². The maximum Gasteiger partial charge on any atom is 0.226 e. The molecule has 34 heavy (non-hydrogen) atoms. The number of benzene rings is 5. The van der Waals surface area contributed by atoms with Crippen LogP contribution in [0.3, 0.4) is 0 Å². The molecule has 0 atom stereocenters. The lowest BCUT2D eigenvalue weighted by atomic mass is 9.93. The Morgan fingerprint density at radius 2 is 1.29 bits per heavy atom. The zero-order valence-corrected chi connectivity index (χ0v) is 19.1. The number of anilines is 4. The van der Waals surface area contributed by atoms with Gasteiger partial charge in [0.05, 0.1) is 11.4 Å². The Kier molecular flexibility index (Phi) is 5.56. The average Bonchev–Trinajstić information content (AvgIpc) is 2.86. The SMILES string of the molecule is Cc1ccc(Nc2ccc3c(C(=O)C=O)c4ccccc4cc3c2Nc2ccc(C)cc2)cc1. The molecule has 0 heterocycles. The van der Waals surface area contributed by atoms with Crippen molar-refractivity contribution >= 4 is 56.4 Å². The van der Waals surface area contributed by atoms with Crippen molar-refractivity contribution in [3.63, 3.8) is 0 Å². The number of hydrogen-bond donors (Lipinski definition) is 2. The second-order valence-electron chi connectivity index (χ2n) is 8.52. The molecule has 0 radical (unpaired) electrons. The largest absolute Gasteiger partial charge is 0.354 e. The van der Waals surface area contributed by atoms with Gasteiger partial charge in [-0.15, -0.1) is 0 Å². The van der Waals surface area contributed by atoms with Crippen LogP contribution >= 0.6 is 0 Å².